The maximum Gasteiger partial charge on any atom is 0.262 e. The number of unbranched alkanes of at least 4 members (excludes halogenated alkanes) is 2. The fraction of sp³-hybridized carbons (Fsp3) is 0.417. The van der Waals surface area contributed by atoms with Crippen LogP contribution in [-0.2, 0) is 11.3 Å². The van der Waals surface area contributed by atoms with Gasteiger partial charge < -0.3 is 19.6 Å². The zero-order valence-corrected chi connectivity index (χ0v) is 19.2. The molecule has 2 N–H and O–H groups in total. The molecule has 2 aromatic heterocycles. The number of furan rings is 1. The zero-order valence-electron chi connectivity index (χ0n) is 18.4. The zero-order chi connectivity index (χ0) is 23.2. The first-order chi connectivity index (χ1) is 16.0. The van der Waals surface area contributed by atoms with Gasteiger partial charge in [-0.3, -0.25) is 19.0 Å². The Balaban J connectivity index is 1.16. The molecule has 0 unspecified atom stereocenters. The molecule has 0 saturated carbocycles. The Kier molecular flexibility index (Phi) is 7.39. The first-order valence-corrected chi connectivity index (χ1v) is 11.8. The lowest BCUT2D eigenvalue weighted by Gasteiger charge is -2.32. The van der Waals surface area contributed by atoms with Gasteiger partial charge in [-0.15, -0.1) is 0 Å². The summed E-state index contributed by atoms with van der Waals surface area (Å²) < 4.78 is 7.00. The highest BCUT2D eigenvalue weighted by Gasteiger charge is 2.24. The summed E-state index contributed by atoms with van der Waals surface area (Å²) in [5.41, 5.74) is 1.23. The van der Waals surface area contributed by atoms with Gasteiger partial charge in [0.1, 0.15) is 6.26 Å². The van der Waals surface area contributed by atoms with Gasteiger partial charge in [0.25, 0.3) is 11.5 Å². The van der Waals surface area contributed by atoms with Crippen LogP contribution in [0.3, 0.4) is 0 Å². The summed E-state index contributed by atoms with van der Waals surface area (Å²) in [7, 11) is 0. The Morgan fingerprint density at radius 1 is 1.12 bits per heavy atom. The normalized spacial score (nSPS) is 14.5. The van der Waals surface area contributed by atoms with Crippen molar-refractivity contribution in [2.75, 3.05) is 13.1 Å². The van der Waals surface area contributed by atoms with Crippen LogP contribution in [0.1, 0.15) is 48.9 Å². The van der Waals surface area contributed by atoms with Crippen LogP contribution < -0.4 is 10.9 Å². The van der Waals surface area contributed by atoms with Crippen LogP contribution in [0.4, 0.5) is 0 Å². The number of likely N-dealkylation sites (tertiary alicyclic amines) is 1. The van der Waals surface area contributed by atoms with Gasteiger partial charge in [0, 0.05) is 32.1 Å². The molecule has 0 aliphatic carbocycles. The number of aromatic nitrogens is 2. The second-order valence-corrected chi connectivity index (χ2v) is 8.78. The van der Waals surface area contributed by atoms with E-state index in [9.17, 15) is 14.4 Å². The predicted molar refractivity (Wildman–Crippen MR) is 128 cm³/mol. The highest BCUT2D eigenvalue weighted by Crippen LogP contribution is 2.15. The average Bonchev–Trinajstić information content (AvgIpc) is 3.36. The van der Waals surface area contributed by atoms with Crippen molar-refractivity contribution >= 4 is 34.9 Å². The van der Waals surface area contributed by atoms with E-state index in [1.807, 2.05) is 18.2 Å². The van der Waals surface area contributed by atoms with Crippen LogP contribution in [0.2, 0.25) is 0 Å². The van der Waals surface area contributed by atoms with Crippen molar-refractivity contribution in [3.05, 3.63) is 63.5 Å². The summed E-state index contributed by atoms with van der Waals surface area (Å²) in [6, 6.07) is 9.11. The molecule has 1 aliphatic rings. The minimum absolute atomic E-state index is 0.0288. The van der Waals surface area contributed by atoms with Gasteiger partial charge in [-0.1, -0.05) is 18.6 Å². The number of nitrogens with zero attached hydrogens (tertiary/aromatic N) is 2. The first-order valence-electron chi connectivity index (χ1n) is 11.4. The molecule has 0 atom stereocenters. The van der Waals surface area contributed by atoms with Gasteiger partial charge >= 0.3 is 0 Å². The van der Waals surface area contributed by atoms with Crippen LogP contribution in [0, 0.1) is 4.77 Å². The lowest BCUT2D eigenvalue weighted by Crippen LogP contribution is -2.46. The Morgan fingerprint density at radius 2 is 1.91 bits per heavy atom. The van der Waals surface area contributed by atoms with Crippen molar-refractivity contribution in [2.24, 2.45) is 0 Å². The highest BCUT2D eigenvalue weighted by molar-refractivity contribution is 7.71. The molecule has 33 heavy (non-hydrogen) atoms. The van der Waals surface area contributed by atoms with Gasteiger partial charge in [-0.25, -0.2) is 0 Å². The SMILES string of the molecule is O=C(CCCCCn1c(=S)[nH]c2ccccc2c1=O)NC1CCN(C(=O)c2ccoc2)CC1. The van der Waals surface area contributed by atoms with Gasteiger partial charge in [0.15, 0.2) is 4.77 Å². The Hall–Kier alpha value is -3.20. The average molecular weight is 469 g/mol. The Bertz CT molecular complexity index is 1220. The van der Waals surface area contributed by atoms with Crippen molar-refractivity contribution < 1.29 is 14.0 Å². The number of H-pyrrole nitrogens is 1. The van der Waals surface area contributed by atoms with Crippen LogP contribution in [0.25, 0.3) is 10.9 Å². The molecule has 3 aromatic rings. The number of carbonyl (C=O) groups is 2. The van der Waals surface area contributed by atoms with E-state index in [0.29, 0.717) is 41.8 Å². The molecule has 9 heteroatoms. The number of amides is 2. The molecular formula is C24H28N4O4S. The fourth-order valence-corrected chi connectivity index (χ4v) is 4.51. The highest BCUT2D eigenvalue weighted by atomic mass is 32.1. The molecule has 3 heterocycles. The molecule has 1 aliphatic heterocycles. The number of hydrogen-bond acceptors (Lipinski definition) is 5. The Morgan fingerprint density at radius 3 is 2.67 bits per heavy atom. The summed E-state index contributed by atoms with van der Waals surface area (Å²) >= 11 is 5.34. The van der Waals surface area contributed by atoms with Gasteiger partial charge in [0.05, 0.1) is 22.7 Å². The van der Waals surface area contributed by atoms with E-state index in [1.54, 1.807) is 21.6 Å². The van der Waals surface area contributed by atoms with Crippen LogP contribution in [0.5, 0.6) is 0 Å². The van der Waals surface area contributed by atoms with E-state index in [4.69, 9.17) is 16.6 Å². The fourth-order valence-electron chi connectivity index (χ4n) is 4.23. The first kappa shape index (κ1) is 23.0. The number of para-hydroxylation sites is 1. The summed E-state index contributed by atoms with van der Waals surface area (Å²) in [5.74, 6) is 0.00802. The second-order valence-electron chi connectivity index (χ2n) is 8.39. The molecule has 0 radical (unpaired) electrons. The number of piperidine rings is 1. The minimum atomic E-state index is -0.0790. The Labute approximate surface area is 196 Å². The number of carbonyl (C=O) groups excluding carboxylic acids is 2. The number of benzene rings is 1. The van der Waals surface area contributed by atoms with Gasteiger partial charge in [-0.05, 0) is 56.1 Å². The quantitative estimate of drug-likeness (QED) is 0.388. The minimum Gasteiger partial charge on any atom is -0.472 e. The van der Waals surface area contributed by atoms with E-state index >= 15 is 0 Å². The molecule has 174 valence electrons. The van der Waals surface area contributed by atoms with Crippen molar-refractivity contribution in [1.29, 1.82) is 0 Å². The third-order valence-electron chi connectivity index (χ3n) is 6.09. The number of rotatable bonds is 8. The molecule has 4 rings (SSSR count). The molecule has 1 fully saturated rings. The lowest BCUT2D eigenvalue weighted by molar-refractivity contribution is -0.122. The third-order valence-corrected chi connectivity index (χ3v) is 6.41. The summed E-state index contributed by atoms with van der Waals surface area (Å²) in [5, 5.41) is 3.72. The van der Waals surface area contributed by atoms with E-state index < -0.39 is 0 Å². The van der Waals surface area contributed by atoms with Crippen LogP contribution in [-0.4, -0.2) is 45.4 Å². The van der Waals surface area contributed by atoms with E-state index in [1.165, 1.54) is 12.5 Å². The summed E-state index contributed by atoms with van der Waals surface area (Å²) in [6.45, 7) is 1.77. The summed E-state index contributed by atoms with van der Waals surface area (Å²) in [4.78, 5) is 42.2. The number of fused-ring (bicyclic) bond motifs is 1. The topological polar surface area (TPSA) is 100 Å². The molecule has 1 aromatic carbocycles. The number of hydrogen-bond donors (Lipinski definition) is 2. The lowest BCUT2D eigenvalue weighted by atomic mass is 10.0. The van der Waals surface area contributed by atoms with Crippen molar-refractivity contribution in [1.82, 2.24) is 19.8 Å². The molecule has 8 nitrogen and oxygen atoms in total. The molecule has 0 spiro atoms. The monoisotopic (exact) mass is 468 g/mol. The van der Waals surface area contributed by atoms with Gasteiger partial charge in [-0.2, -0.15) is 0 Å². The van der Waals surface area contributed by atoms with Gasteiger partial charge in [0.2, 0.25) is 5.91 Å². The van der Waals surface area contributed by atoms with E-state index in [-0.39, 0.29) is 23.4 Å². The van der Waals surface area contributed by atoms with E-state index in [2.05, 4.69) is 10.3 Å². The largest absolute Gasteiger partial charge is 0.472 e. The number of nitrogens with one attached hydrogen (secondary N) is 2. The van der Waals surface area contributed by atoms with Crippen molar-refractivity contribution in [3.8, 4) is 0 Å². The van der Waals surface area contributed by atoms with E-state index in [0.717, 1.165) is 37.6 Å². The molecule has 0 bridgehead atoms. The smallest absolute Gasteiger partial charge is 0.262 e. The predicted octanol–water partition coefficient (Wildman–Crippen LogP) is 3.63. The number of aromatic amines is 1. The maximum absolute atomic E-state index is 12.7. The van der Waals surface area contributed by atoms with Crippen LogP contribution in [0.15, 0.2) is 52.1 Å². The van der Waals surface area contributed by atoms with Crippen molar-refractivity contribution in [2.45, 2.75) is 51.1 Å². The third kappa shape index (κ3) is 5.60. The maximum atomic E-state index is 12.7. The second kappa shape index (κ2) is 10.6. The standard InChI is InChI=1S/C24H28N4O4S/c29-21(25-18-9-13-27(14-10-18)22(30)17-11-15-32-16-17)8-2-1-5-12-28-23(31)19-6-3-4-7-20(19)26-24(28)33/h3-4,6-7,11,15-16,18H,1-2,5,8-10,12-14H2,(H,25,29)(H,26,33). The van der Waals surface area contributed by atoms with Crippen LogP contribution >= 0.6 is 12.2 Å². The molecule has 1 saturated heterocycles. The molecular weight excluding hydrogens is 440 g/mol. The summed E-state index contributed by atoms with van der Waals surface area (Å²) in [6.07, 6.45) is 7.26. The van der Waals surface area contributed by atoms with Crippen molar-refractivity contribution in [3.63, 3.8) is 0 Å². The molecule has 2 amide bonds.